The van der Waals surface area contributed by atoms with Crippen LogP contribution in [0.1, 0.15) is 4.88 Å². The molecule has 1 aromatic rings. The van der Waals surface area contributed by atoms with Crippen LogP contribution in [0.4, 0.5) is 13.2 Å². The third kappa shape index (κ3) is 2.34. The first-order chi connectivity index (χ1) is 4.58. The average molecular weight is 166 g/mol. The van der Waals surface area contributed by atoms with E-state index in [0.717, 1.165) is 11.3 Å². The third-order valence-electron chi connectivity index (χ3n) is 0.757. The summed E-state index contributed by atoms with van der Waals surface area (Å²) in [4.78, 5) is 3.63. The van der Waals surface area contributed by atoms with Crippen LogP contribution in [0, 0.1) is 6.42 Å². The Hall–Kier alpha value is -0.580. The summed E-state index contributed by atoms with van der Waals surface area (Å²) in [6, 6.07) is 0. The van der Waals surface area contributed by atoms with E-state index >= 15 is 0 Å². The number of alkyl halides is 3. The molecule has 10 heavy (non-hydrogen) atoms. The Morgan fingerprint density at radius 1 is 1.50 bits per heavy atom. The summed E-state index contributed by atoms with van der Waals surface area (Å²) in [6.07, 6.45) is -2.82. The Morgan fingerprint density at radius 2 is 2.20 bits per heavy atom. The lowest BCUT2D eigenvalue weighted by molar-refractivity contribution is -0.0924. The predicted octanol–water partition coefficient (Wildman–Crippen LogP) is 2.26. The second-order valence-electron chi connectivity index (χ2n) is 1.59. The molecule has 5 heteroatoms. The summed E-state index contributed by atoms with van der Waals surface area (Å²) < 4.78 is 34.6. The maximum Gasteiger partial charge on any atom is 0.397 e. The summed E-state index contributed by atoms with van der Waals surface area (Å²) in [7, 11) is 0. The van der Waals surface area contributed by atoms with Gasteiger partial charge in [0.05, 0.1) is 5.51 Å². The Morgan fingerprint density at radius 3 is 2.60 bits per heavy atom. The van der Waals surface area contributed by atoms with Gasteiger partial charge in [-0.1, -0.05) is 0 Å². The summed E-state index contributed by atoms with van der Waals surface area (Å²) in [5, 5.41) is 0. The number of hydrogen-bond acceptors (Lipinski definition) is 2. The number of hydrogen-bond donors (Lipinski definition) is 0. The van der Waals surface area contributed by atoms with Gasteiger partial charge in [0.2, 0.25) is 0 Å². The number of halogens is 3. The van der Waals surface area contributed by atoms with Gasteiger partial charge in [0.15, 0.2) is 0 Å². The molecule has 0 aromatic carbocycles. The third-order valence-corrected chi connectivity index (χ3v) is 1.48. The van der Waals surface area contributed by atoms with E-state index in [4.69, 9.17) is 0 Å². The van der Waals surface area contributed by atoms with Crippen molar-refractivity contribution in [2.75, 3.05) is 0 Å². The molecular weight excluding hydrogens is 163 g/mol. The molecule has 0 bridgehead atoms. The monoisotopic (exact) mass is 166 g/mol. The van der Waals surface area contributed by atoms with E-state index in [1.165, 1.54) is 11.7 Å². The highest BCUT2D eigenvalue weighted by Crippen LogP contribution is 2.24. The van der Waals surface area contributed by atoms with E-state index in [-0.39, 0.29) is 11.3 Å². The molecular formula is C5H3F3NS. The molecule has 0 spiro atoms. The minimum Gasteiger partial charge on any atom is -0.253 e. The molecule has 1 aromatic heterocycles. The first-order valence-electron chi connectivity index (χ1n) is 2.39. The van der Waals surface area contributed by atoms with Crippen molar-refractivity contribution in [2.45, 2.75) is 6.18 Å². The molecule has 0 fully saturated rings. The predicted molar refractivity (Wildman–Crippen MR) is 31.6 cm³/mol. The van der Waals surface area contributed by atoms with Crippen LogP contribution in [0.3, 0.4) is 0 Å². The van der Waals surface area contributed by atoms with E-state index in [2.05, 4.69) is 4.98 Å². The van der Waals surface area contributed by atoms with Gasteiger partial charge in [-0.15, -0.1) is 11.3 Å². The van der Waals surface area contributed by atoms with Gasteiger partial charge < -0.3 is 0 Å². The van der Waals surface area contributed by atoms with Gasteiger partial charge in [-0.2, -0.15) is 13.2 Å². The molecule has 0 aliphatic heterocycles. The molecule has 1 heterocycles. The molecule has 0 aliphatic carbocycles. The Bertz CT molecular complexity index is 191. The molecule has 1 radical (unpaired) electrons. The minimum atomic E-state index is -4.23. The maximum atomic E-state index is 11.5. The average Bonchev–Trinajstić information content (AvgIpc) is 2.12. The molecule has 0 unspecified atom stereocenters. The zero-order valence-corrected chi connectivity index (χ0v) is 5.54. The van der Waals surface area contributed by atoms with Crippen molar-refractivity contribution in [3.63, 3.8) is 0 Å². The van der Waals surface area contributed by atoms with Crippen LogP contribution in [0.2, 0.25) is 0 Å². The summed E-state index contributed by atoms with van der Waals surface area (Å²) in [5.41, 5.74) is 1.36. The molecule has 0 atom stereocenters. The van der Waals surface area contributed by atoms with Crippen molar-refractivity contribution in [1.82, 2.24) is 4.98 Å². The van der Waals surface area contributed by atoms with Crippen LogP contribution >= 0.6 is 11.3 Å². The second kappa shape index (κ2) is 2.57. The molecule has 0 N–H and O–H groups in total. The van der Waals surface area contributed by atoms with Crippen molar-refractivity contribution in [3.8, 4) is 0 Å². The lowest BCUT2D eigenvalue weighted by Gasteiger charge is -2.00. The normalized spacial score (nSPS) is 11.9. The van der Waals surface area contributed by atoms with Crippen LogP contribution in [-0.2, 0) is 0 Å². The highest BCUT2D eigenvalue weighted by atomic mass is 32.1. The fraction of sp³-hybridized carbons (Fsp3) is 0.200. The van der Waals surface area contributed by atoms with Crippen LogP contribution in [0.5, 0.6) is 0 Å². The lowest BCUT2D eigenvalue weighted by atomic mass is 10.4. The van der Waals surface area contributed by atoms with E-state index in [1.54, 1.807) is 0 Å². The molecule has 1 nitrogen and oxygen atoms in total. The van der Waals surface area contributed by atoms with Gasteiger partial charge in [-0.25, -0.2) is 0 Å². The van der Waals surface area contributed by atoms with Gasteiger partial charge in [0.1, 0.15) is 6.42 Å². The van der Waals surface area contributed by atoms with Gasteiger partial charge in [-0.05, 0) is 0 Å². The molecule has 0 amide bonds. The largest absolute Gasteiger partial charge is 0.397 e. The Labute approximate surface area is 59.5 Å². The number of thiazole rings is 1. The fourth-order valence-electron chi connectivity index (χ4n) is 0.458. The highest BCUT2D eigenvalue weighted by Gasteiger charge is 2.28. The molecule has 1 rings (SSSR count). The number of rotatable bonds is 1. The zero-order valence-electron chi connectivity index (χ0n) is 4.72. The van der Waals surface area contributed by atoms with Crippen LogP contribution in [-0.4, -0.2) is 11.2 Å². The van der Waals surface area contributed by atoms with E-state index in [9.17, 15) is 13.2 Å². The minimum absolute atomic E-state index is 0.132. The van der Waals surface area contributed by atoms with Gasteiger partial charge >= 0.3 is 6.18 Å². The van der Waals surface area contributed by atoms with Crippen molar-refractivity contribution in [1.29, 1.82) is 0 Å². The number of nitrogens with zero attached hydrogens (tertiary/aromatic N) is 1. The SMILES string of the molecule is FC(F)(F)[CH]c1cncs1. The summed E-state index contributed by atoms with van der Waals surface area (Å²) >= 11 is 0.963. The van der Waals surface area contributed by atoms with Gasteiger partial charge in [-0.3, -0.25) is 4.98 Å². The van der Waals surface area contributed by atoms with Crippen molar-refractivity contribution in [2.24, 2.45) is 0 Å². The van der Waals surface area contributed by atoms with Crippen molar-refractivity contribution in [3.05, 3.63) is 23.0 Å². The topological polar surface area (TPSA) is 12.9 Å². The first-order valence-corrected chi connectivity index (χ1v) is 3.27. The summed E-state index contributed by atoms with van der Waals surface area (Å²) in [6.45, 7) is 0. The second-order valence-corrected chi connectivity index (χ2v) is 2.51. The van der Waals surface area contributed by atoms with Crippen molar-refractivity contribution >= 4 is 11.3 Å². The van der Waals surface area contributed by atoms with Crippen LogP contribution in [0.15, 0.2) is 11.7 Å². The van der Waals surface area contributed by atoms with Crippen LogP contribution in [0.25, 0.3) is 0 Å². The van der Waals surface area contributed by atoms with E-state index in [1.807, 2.05) is 0 Å². The van der Waals surface area contributed by atoms with E-state index < -0.39 is 6.18 Å². The quantitative estimate of drug-likeness (QED) is 0.623. The summed E-state index contributed by atoms with van der Waals surface area (Å²) in [5.74, 6) is 0. The molecule has 0 saturated heterocycles. The molecule has 0 aliphatic rings. The standard InChI is InChI=1S/C5H3F3NS/c6-5(7,8)1-4-2-9-3-10-4/h1-3H. The molecule has 55 valence electrons. The fourth-order valence-corrected chi connectivity index (χ4v) is 1.03. The van der Waals surface area contributed by atoms with Crippen molar-refractivity contribution < 1.29 is 13.2 Å². The van der Waals surface area contributed by atoms with E-state index in [0.29, 0.717) is 0 Å². The maximum absolute atomic E-state index is 11.5. The number of aromatic nitrogens is 1. The Kier molecular flexibility index (Phi) is 1.94. The smallest absolute Gasteiger partial charge is 0.253 e. The Balaban J connectivity index is 2.57. The van der Waals surface area contributed by atoms with Gasteiger partial charge in [0, 0.05) is 11.1 Å². The first kappa shape index (κ1) is 7.53. The lowest BCUT2D eigenvalue weighted by Crippen LogP contribution is -2.07. The van der Waals surface area contributed by atoms with Crippen LogP contribution < -0.4 is 0 Å². The van der Waals surface area contributed by atoms with Gasteiger partial charge in [0.25, 0.3) is 0 Å². The highest BCUT2D eigenvalue weighted by molar-refractivity contribution is 7.09. The zero-order chi connectivity index (χ0) is 7.61. The molecule has 0 saturated carbocycles.